The van der Waals surface area contributed by atoms with Crippen molar-refractivity contribution in [2.75, 3.05) is 17.2 Å². The number of carbonyl (C=O) groups is 1. The Morgan fingerprint density at radius 3 is 1.86 bits per heavy atom. The minimum atomic E-state index is -0.792. The Labute approximate surface area is 78.8 Å². The lowest BCUT2D eigenvalue weighted by atomic mass is 10.2. The standard InChI is InChI=1S/C5H10N8O/c6-2-1(4(14)13(9)10)3(7)12-5(8)11-2/h9-10H2,(H6,6,7,8,11,12). The first-order valence-corrected chi connectivity index (χ1v) is 3.45. The molecule has 1 heterocycles. The monoisotopic (exact) mass is 198 g/mol. The second kappa shape index (κ2) is 3.32. The van der Waals surface area contributed by atoms with E-state index in [1.807, 2.05) is 0 Å². The van der Waals surface area contributed by atoms with E-state index in [0.717, 1.165) is 0 Å². The van der Waals surface area contributed by atoms with Crippen molar-refractivity contribution >= 4 is 23.5 Å². The molecule has 0 aliphatic heterocycles. The number of nitrogens with zero attached hydrogens (tertiary/aromatic N) is 3. The van der Waals surface area contributed by atoms with Gasteiger partial charge in [-0.1, -0.05) is 0 Å². The first-order chi connectivity index (χ1) is 6.43. The molecule has 14 heavy (non-hydrogen) atoms. The zero-order valence-corrected chi connectivity index (χ0v) is 7.14. The molecular formula is C5H10N8O. The minimum Gasteiger partial charge on any atom is -0.383 e. The largest absolute Gasteiger partial charge is 0.383 e. The quantitative estimate of drug-likeness (QED) is 0.185. The predicted octanol–water partition coefficient (Wildman–Crippen LogP) is -2.59. The van der Waals surface area contributed by atoms with Gasteiger partial charge in [0.05, 0.1) is 0 Å². The second-order valence-electron chi connectivity index (χ2n) is 2.44. The van der Waals surface area contributed by atoms with Crippen molar-refractivity contribution in [2.24, 2.45) is 11.7 Å². The smallest absolute Gasteiger partial charge is 0.289 e. The molecule has 0 spiro atoms. The average Bonchev–Trinajstić information content (AvgIpc) is 2.01. The molecule has 0 unspecified atom stereocenters. The van der Waals surface area contributed by atoms with Crippen LogP contribution < -0.4 is 28.9 Å². The summed E-state index contributed by atoms with van der Waals surface area (Å²) in [6, 6.07) is 0. The maximum atomic E-state index is 11.3. The number of hydrazine groups is 2. The van der Waals surface area contributed by atoms with Gasteiger partial charge >= 0.3 is 0 Å². The summed E-state index contributed by atoms with van der Waals surface area (Å²) in [6.07, 6.45) is 0. The first kappa shape index (κ1) is 9.95. The van der Waals surface area contributed by atoms with E-state index in [4.69, 9.17) is 28.9 Å². The van der Waals surface area contributed by atoms with E-state index in [0.29, 0.717) is 5.12 Å². The molecule has 1 rings (SSSR count). The molecule has 9 heteroatoms. The van der Waals surface area contributed by atoms with Crippen molar-refractivity contribution < 1.29 is 4.79 Å². The molecule has 0 bridgehead atoms. The van der Waals surface area contributed by atoms with Gasteiger partial charge in [0.2, 0.25) is 5.95 Å². The van der Waals surface area contributed by atoms with Crippen LogP contribution in [0.5, 0.6) is 0 Å². The summed E-state index contributed by atoms with van der Waals surface area (Å²) >= 11 is 0. The lowest BCUT2D eigenvalue weighted by molar-refractivity contribution is 0.0757. The number of nitrogens with two attached hydrogens (primary N) is 5. The number of nitrogen functional groups attached to an aromatic ring is 3. The fourth-order valence-corrected chi connectivity index (χ4v) is 0.863. The van der Waals surface area contributed by atoms with Crippen LogP contribution >= 0.6 is 0 Å². The molecule has 1 amide bonds. The van der Waals surface area contributed by atoms with E-state index in [1.165, 1.54) is 0 Å². The summed E-state index contributed by atoms with van der Waals surface area (Å²) in [5.41, 5.74) is 15.9. The molecule has 1 aromatic rings. The van der Waals surface area contributed by atoms with Gasteiger partial charge in [-0.25, -0.2) is 16.8 Å². The van der Waals surface area contributed by atoms with E-state index >= 15 is 0 Å². The molecular weight excluding hydrogens is 188 g/mol. The van der Waals surface area contributed by atoms with Gasteiger partial charge in [0.25, 0.3) is 5.91 Å². The number of rotatable bonds is 1. The highest BCUT2D eigenvalue weighted by molar-refractivity contribution is 6.02. The molecule has 10 N–H and O–H groups in total. The molecule has 0 aliphatic rings. The van der Waals surface area contributed by atoms with Crippen LogP contribution in [0, 0.1) is 0 Å². The van der Waals surface area contributed by atoms with Crippen LogP contribution in [0.2, 0.25) is 0 Å². The molecule has 0 atom stereocenters. The van der Waals surface area contributed by atoms with Crippen LogP contribution in [-0.2, 0) is 0 Å². The summed E-state index contributed by atoms with van der Waals surface area (Å²) in [4.78, 5) is 18.4. The van der Waals surface area contributed by atoms with Gasteiger partial charge in [0.1, 0.15) is 17.2 Å². The normalized spacial score (nSPS) is 9.86. The van der Waals surface area contributed by atoms with Crippen LogP contribution in [0.15, 0.2) is 0 Å². The van der Waals surface area contributed by atoms with Crippen molar-refractivity contribution in [1.29, 1.82) is 0 Å². The van der Waals surface area contributed by atoms with Gasteiger partial charge in [-0.2, -0.15) is 9.97 Å². The molecule has 0 saturated heterocycles. The number of hydrogen-bond donors (Lipinski definition) is 5. The summed E-state index contributed by atoms with van der Waals surface area (Å²) in [7, 11) is 0. The topological polar surface area (TPSA) is 176 Å². The van der Waals surface area contributed by atoms with Crippen LogP contribution in [0.1, 0.15) is 10.4 Å². The van der Waals surface area contributed by atoms with Gasteiger partial charge in [-0.05, 0) is 0 Å². The minimum absolute atomic E-state index is 0.128. The van der Waals surface area contributed by atoms with E-state index in [1.54, 1.807) is 0 Å². The number of anilines is 3. The van der Waals surface area contributed by atoms with Crippen molar-refractivity contribution in [3.05, 3.63) is 5.56 Å². The van der Waals surface area contributed by atoms with Gasteiger partial charge in [-0.3, -0.25) is 4.79 Å². The van der Waals surface area contributed by atoms with E-state index < -0.39 is 5.91 Å². The van der Waals surface area contributed by atoms with Crippen LogP contribution in [0.4, 0.5) is 17.6 Å². The van der Waals surface area contributed by atoms with Crippen molar-refractivity contribution in [1.82, 2.24) is 15.1 Å². The second-order valence-corrected chi connectivity index (χ2v) is 2.44. The SMILES string of the molecule is Nc1nc(N)c(C(=O)N(N)N)c(N)n1. The Bertz CT molecular complexity index is 351. The Morgan fingerprint density at radius 2 is 1.50 bits per heavy atom. The van der Waals surface area contributed by atoms with E-state index in [2.05, 4.69) is 9.97 Å². The summed E-state index contributed by atoms with van der Waals surface area (Å²) in [6.45, 7) is 0. The molecule has 0 aromatic carbocycles. The third kappa shape index (κ3) is 1.62. The lowest BCUT2D eigenvalue weighted by Crippen LogP contribution is -2.44. The zero-order valence-electron chi connectivity index (χ0n) is 7.14. The molecule has 0 radical (unpaired) electrons. The van der Waals surface area contributed by atoms with Gasteiger partial charge in [0, 0.05) is 0 Å². The number of hydrogen-bond acceptors (Lipinski definition) is 8. The van der Waals surface area contributed by atoms with Crippen molar-refractivity contribution in [2.45, 2.75) is 0 Å². The van der Waals surface area contributed by atoms with Gasteiger partial charge in [-0.15, -0.1) is 0 Å². The Hall–Kier alpha value is -2.13. The van der Waals surface area contributed by atoms with Crippen LogP contribution in [0.3, 0.4) is 0 Å². The maximum absolute atomic E-state index is 11.3. The van der Waals surface area contributed by atoms with Crippen LogP contribution in [-0.4, -0.2) is 21.0 Å². The Morgan fingerprint density at radius 1 is 1.07 bits per heavy atom. The molecule has 0 saturated carbocycles. The maximum Gasteiger partial charge on any atom is 0.289 e. The third-order valence-corrected chi connectivity index (χ3v) is 1.43. The fourth-order valence-electron chi connectivity index (χ4n) is 0.863. The zero-order chi connectivity index (χ0) is 10.9. The molecule has 76 valence electrons. The summed E-state index contributed by atoms with van der Waals surface area (Å²) in [5, 5.41) is 0.335. The molecule has 1 aromatic heterocycles. The third-order valence-electron chi connectivity index (χ3n) is 1.43. The van der Waals surface area contributed by atoms with Crippen molar-refractivity contribution in [3.63, 3.8) is 0 Å². The number of carbonyl (C=O) groups excluding carboxylic acids is 1. The van der Waals surface area contributed by atoms with Gasteiger partial charge in [0.15, 0.2) is 0 Å². The highest BCUT2D eigenvalue weighted by Crippen LogP contribution is 2.16. The molecule has 9 nitrogen and oxygen atoms in total. The first-order valence-electron chi connectivity index (χ1n) is 3.45. The number of aromatic nitrogens is 2. The molecule has 0 fully saturated rings. The van der Waals surface area contributed by atoms with Crippen LogP contribution in [0.25, 0.3) is 0 Å². The highest BCUT2D eigenvalue weighted by Gasteiger charge is 2.19. The lowest BCUT2D eigenvalue weighted by Gasteiger charge is -2.12. The predicted molar refractivity (Wildman–Crippen MR) is 49.8 cm³/mol. The fraction of sp³-hybridized carbons (Fsp3) is 0. The van der Waals surface area contributed by atoms with Crippen molar-refractivity contribution in [3.8, 4) is 0 Å². The Kier molecular flexibility index (Phi) is 2.36. The highest BCUT2D eigenvalue weighted by atomic mass is 16.2. The Balaban J connectivity index is 3.28. The van der Waals surface area contributed by atoms with E-state index in [-0.39, 0.29) is 23.1 Å². The molecule has 0 aliphatic carbocycles. The van der Waals surface area contributed by atoms with E-state index in [9.17, 15) is 4.79 Å². The number of amides is 1. The van der Waals surface area contributed by atoms with Gasteiger partial charge < -0.3 is 17.2 Å². The summed E-state index contributed by atoms with van der Waals surface area (Å²) in [5.74, 6) is 8.76. The summed E-state index contributed by atoms with van der Waals surface area (Å²) < 4.78 is 0. The average molecular weight is 198 g/mol.